The molecule has 0 aliphatic carbocycles. The lowest BCUT2D eigenvalue weighted by molar-refractivity contribution is 0.142. The molecule has 0 amide bonds. The third kappa shape index (κ3) is 2.06. The summed E-state index contributed by atoms with van der Waals surface area (Å²) in [6, 6.07) is 0.197. The predicted octanol–water partition coefficient (Wildman–Crippen LogP) is 2.80. The number of alkyl halides is 1. The van der Waals surface area contributed by atoms with Gasteiger partial charge in [-0.25, -0.2) is 4.39 Å². The Hall–Kier alpha value is -0.310. The lowest BCUT2D eigenvalue weighted by Crippen LogP contribution is -2.33. The molecular weight excluding hydrogens is 209 g/mol. The average molecular weight is 220 g/mol. The minimum Gasteiger partial charge on any atom is -0.342 e. The number of nitrogens with zero attached hydrogens (tertiary/aromatic N) is 1. The van der Waals surface area contributed by atoms with Gasteiger partial charge in [0, 0.05) is 16.7 Å². The number of hydrogen-bond acceptors (Lipinski definition) is 1. The molecule has 62 valence electrons. The van der Waals surface area contributed by atoms with Crippen molar-refractivity contribution in [2.45, 2.75) is 26.2 Å². The van der Waals surface area contributed by atoms with E-state index in [2.05, 4.69) is 15.9 Å². The second-order valence-corrected chi connectivity index (χ2v) is 3.70. The van der Waals surface area contributed by atoms with Gasteiger partial charge in [-0.15, -0.1) is 0 Å². The fraction of sp³-hybridized carbons (Fsp3) is 0.500. The maximum absolute atomic E-state index is 13.0. The largest absolute Gasteiger partial charge is 0.342 e. The highest BCUT2D eigenvalue weighted by Crippen LogP contribution is 2.20. The summed E-state index contributed by atoms with van der Waals surface area (Å²) in [7, 11) is 0. The van der Waals surface area contributed by atoms with Crippen LogP contribution in [0.3, 0.4) is 0 Å². The van der Waals surface area contributed by atoms with Crippen LogP contribution in [-0.4, -0.2) is 17.2 Å². The molecule has 0 aromatic carbocycles. The average Bonchev–Trinajstić information content (AvgIpc) is 1.94. The van der Waals surface area contributed by atoms with E-state index in [1.165, 1.54) is 6.08 Å². The zero-order valence-corrected chi connectivity index (χ0v) is 8.18. The van der Waals surface area contributed by atoms with Crippen molar-refractivity contribution in [3.05, 3.63) is 22.8 Å². The zero-order chi connectivity index (χ0) is 8.43. The molecule has 3 heteroatoms. The maximum atomic E-state index is 13.0. The van der Waals surface area contributed by atoms with Gasteiger partial charge in [0.2, 0.25) is 0 Å². The molecule has 0 bridgehead atoms. The first kappa shape index (κ1) is 8.78. The summed E-state index contributed by atoms with van der Waals surface area (Å²) in [6.07, 6.45) is 4.06. The van der Waals surface area contributed by atoms with Gasteiger partial charge in [-0.1, -0.05) is 0 Å². The Morgan fingerprint density at radius 2 is 2.27 bits per heavy atom. The normalized spacial score (nSPS) is 24.3. The van der Waals surface area contributed by atoms with Crippen LogP contribution in [0, 0.1) is 0 Å². The number of halogens is 2. The van der Waals surface area contributed by atoms with Gasteiger partial charge in [0.15, 0.2) is 6.30 Å². The Balaban J connectivity index is 2.73. The van der Waals surface area contributed by atoms with Crippen LogP contribution in [-0.2, 0) is 0 Å². The first-order valence-corrected chi connectivity index (χ1v) is 4.37. The molecule has 0 spiro atoms. The summed E-state index contributed by atoms with van der Waals surface area (Å²) in [6.45, 7) is 3.92. The van der Waals surface area contributed by atoms with Gasteiger partial charge in [0.1, 0.15) is 0 Å². The van der Waals surface area contributed by atoms with Crippen LogP contribution in [0.2, 0.25) is 0 Å². The molecule has 1 heterocycles. The van der Waals surface area contributed by atoms with Crippen molar-refractivity contribution >= 4 is 15.9 Å². The molecule has 1 atom stereocenters. The van der Waals surface area contributed by atoms with Gasteiger partial charge in [0.05, 0.1) is 0 Å². The molecule has 1 aliphatic rings. The molecule has 0 radical (unpaired) electrons. The second-order valence-electron chi connectivity index (χ2n) is 2.79. The van der Waals surface area contributed by atoms with E-state index < -0.39 is 6.30 Å². The minimum atomic E-state index is -0.976. The summed E-state index contributed by atoms with van der Waals surface area (Å²) in [4.78, 5) is 1.66. The van der Waals surface area contributed by atoms with Crippen LogP contribution < -0.4 is 0 Å². The predicted molar refractivity (Wildman–Crippen MR) is 48.0 cm³/mol. The third-order valence-electron chi connectivity index (χ3n) is 1.57. The van der Waals surface area contributed by atoms with Crippen molar-refractivity contribution in [1.82, 2.24) is 4.90 Å². The lowest BCUT2D eigenvalue weighted by atomic mass is 10.2. The van der Waals surface area contributed by atoms with Gasteiger partial charge >= 0.3 is 0 Å². The Bertz CT molecular complexity index is 198. The Labute approximate surface area is 74.7 Å². The minimum absolute atomic E-state index is 0.197. The standard InChI is InChI=1S/C8H11BrFN/c1-6(2)11-5-7(9)3-4-8(11)10/h3-6,8H,1-2H3. The van der Waals surface area contributed by atoms with Gasteiger partial charge in [-0.05, 0) is 41.9 Å². The topological polar surface area (TPSA) is 3.24 Å². The van der Waals surface area contributed by atoms with Gasteiger partial charge < -0.3 is 4.90 Å². The fourth-order valence-electron chi connectivity index (χ4n) is 0.961. The highest BCUT2D eigenvalue weighted by Gasteiger charge is 2.17. The number of rotatable bonds is 1. The highest BCUT2D eigenvalue weighted by molar-refractivity contribution is 9.11. The zero-order valence-electron chi connectivity index (χ0n) is 6.59. The molecule has 0 N–H and O–H groups in total. The molecule has 1 rings (SSSR count). The smallest absolute Gasteiger partial charge is 0.191 e. The van der Waals surface area contributed by atoms with E-state index in [1.54, 1.807) is 17.2 Å². The van der Waals surface area contributed by atoms with E-state index in [9.17, 15) is 4.39 Å². The quantitative estimate of drug-likeness (QED) is 0.614. The first-order chi connectivity index (χ1) is 5.11. The van der Waals surface area contributed by atoms with Crippen molar-refractivity contribution in [3.8, 4) is 0 Å². The molecule has 1 unspecified atom stereocenters. The van der Waals surface area contributed by atoms with Crippen LogP contribution >= 0.6 is 15.9 Å². The van der Waals surface area contributed by atoms with Crippen LogP contribution in [0.4, 0.5) is 4.39 Å². The van der Waals surface area contributed by atoms with Crippen molar-refractivity contribution in [3.63, 3.8) is 0 Å². The highest BCUT2D eigenvalue weighted by atomic mass is 79.9. The molecule has 11 heavy (non-hydrogen) atoms. The van der Waals surface area contributed by atoms with E-state index in [4.69, 9.17) is 0 Å². The summed E-state index contributed by atoms with van der Waals surface area (Å²) < 4.78 is 14.0. The maximum Gasteiger partial charge on any atom is 0.191 e. The van der Waals surface area contributed by atoms with Crippen molar-refractivity contribution in [1.29, 1.82) is 0 Å². The van der Waals surface area contributed by atoms with E-state index in [1.807, 2.05) is 13.8 Å². The van der Waals surface area contributed by atoms with Crippen LogP contribution in [0.1, 0.15) is 13.8 Å². The summed E-state index contributed by atoms with van der Waals surface area (Å²) in [5.74, 6) is 0. The summed E-state index contributed by atoms with van der Waals surface area (Å²) in [5, 5.41) is 0. The van der Waals surface area contributed by atoms with E-state index >= 15 is 0 Å². The number of hydrogen-bond donors (Lipinski definition) is 0. The molecule has 0 saturated heterocycles. The first-order valence-electron chi connectivity index (χ1n) is 3.58. The molecule has 0 aromatic heterocycles. The molecule has 1 aliphatic heterocycles. The van der Waals surface area contributed by atoms with Crippen molar-refractivity contribution < 1.29 is 4.39 Å². The summed E-state index contributed by atoms with van der Waals surface area (Å²) in [5.41, 5.74) is 0. The summed E-state index contributed by atoms with van der Waals surface area (Å²) >= 11 is 3.29. The van der Waals surface area contributed by atoms with Crippen LogP contribution in [0.25, 0.3) is 0 Å². The molecule has 1 nitrogen and oxygen atoms in total. The van der Waals surface area contributed by atoms with Gasteiger partial charge in [-0.2, -0.15) is 0 Å². The third-order valence-corrected chi connectivity index (χ3v) is 2.04. The molecule has 0 fully saturated rings. The van der Waals surface area contributed by atoms with E-state index in [0.717, 1.165) is 4.48 Å². The molecule has 0 aromatic rings. The fourth-order valence-corrected chi connectivity index (χ4v) is 1.35. The Morgan fingerprint density at radius 1 is 1.64 bits per heavy atom. The van der Waals surface area contributed by atoms with Gasteiger partial charge in [-0.3, -0.25) is 0 Å². The van der Waals surface area contributed by atoms with Crippen LogP contribution in [0.5, 0.6) is 0 Å². The Kier molecular flexibility index (Phi) is 2.71. The number of allylic oxidation sites excluding steroid dienone is 2. The van der Waals surface area contributed by atoms with Crippen molar-refractivity contribution in [2.75, 3.05) is 0 Å². The van der Waals surface area contributed by atoms with Gasteiger partial charge in [0.25, 0.3) is 0 Å². The molecular formula is C8H11BrFN. The lowest BCUT2D eigenvalue weighted by Gasteiger charge is -2.29. The SMILES string of the molecule is CC(C)N1C=C(Br)C=CC1F. The van der Waals surface area contributed by atoms with Crippen LogP contribution in [0.15, 0.2) is 22.8 Å². The van der Waals surface area contributed by atoms with Crippen molar-refractivity contribution in [2.24, 2.45) is 0 Å². The Morgan fingerprint density at radius 3 is 2.73 bits per heavy atom. The second kappa shape index (κ2) is 3.39. The van der Waals surface area contributed by atoms with E-state index in [-0.39, 0.29) is 6.04 Å². The molecule has 0 saturated carbocycles. The van der Waals surface area contributed by atoms with E-state index in [0.29, 0.717) is 0 Å². The monoisotopic (exact) mass is 219 g/mol.